The van der Waals surface area contributed by atoms with Crippen molar-refractivity contribution in [2.45, 2.75) is 32.8 Å². The zero-order valence-electron chi connectivity index (χ0n) is 12.4. The van der Waals surface area contributed by atoms with Crippen LogP contribution in [0.4, 0.5) is 4.79 Å². The maximum Gasteiger partial charge on any atom is 0.410 e. The Hall–Kier alpha value is -0.810. The highest BCUT2D eigenvalue weighted by Crippen LogP contribution is 2.13. The quantitative estimate of drug-likeness (QED) is 0.835. The number of hydrogen-bond acceptors (Lipinski definition) is 4. The highest BCUT2D eigenvalue weighted by atomic mass is 16.6. The molecule has 1 amide bonds. The molecule has 0 spiro atoms. The van der Waals surface area contributed by atoms with Crippen LogP contribution in [0.3, 0.4) is 0 Å². The van der Waals surface area contributed by atoms with Crippen LogP contribution in [0.15, 0.2) is 0 Å². The van der Waals surface area contributed by atoms with E-state index >= 15 is 0 Å². The van der Waals surface area contributed by atoms with E-state index in [2.05, 4.69) is 10.2 Å². The van der Waals surface area contributed by atoms with E-state index in [1.807, 2.05) is 25.7 Å². The summed E-state index contributed by atoms with van der Waals surface area (Å²) in [6.07, 6.45) is 1.11. The Balaban J connectivity index is 1.65. The normalized spacial score (nSPS) is 22.2. The van der Waals surface area contributed by atoms with Crippen LogP contribution in [0.2, 0.25) is 0 Å². The monoisotopic (exact) mass is 269 g/mol. The zero-order chi connectivity index (χ0) is 13.9. The van der Waals surface area contributed by atoms with Crippen molar-refractivity contribution in [3.05, 3.63) is 0 Å². The minimum Gasteiger partial charge on any atom is -0.444 e. The Kier molecular flexibility index (Phi) is 4.68. The van der Waals surface area contributed by atoms with Gasteiger partial charge in [0.25, 0.3) is 0 Å². The third-order valence-electron chi connectivity index (χ3n) is 3.74. The summed E-state index contributed by atoms with van der Waals surface area (Å²) in [5.41, 5.74) is -0.397. The van der Waals surface area contributed by atoms with Crippen molar-refractivity contribution >= 4 is 6.09 Å². The molecule has 0 radical (unpaired) electrons. The van der Waals surface area contributed by atoms with Gasteiger partial charge < -0.3 is 15.0 Å². The predicted molar refractivity (Wildman–Crippen MR) is 75.2 cm³/mol. The minimum absolute atomic E-state index is 0.171. The first-order valence-corrected chi connectivity index (χ1v) is 7.35. The number of nitrogens with one attached hydrogen (secondary N) is 1. The van der Waals surface area contributed by atoms with Gasteiger partial charge in [-0.2, -0.15) is 0 Å². The number of carbonyl (C=O) groups excluding carboxylic acids is 1. The van der Waals surface area contributed by atoms with E-state index in [9.17, 15) is 4.79 Å². The number of nitrogens with zero attached hydrogens (tertiary/aromatic N) is 2. The first-order valence-electron chi connectivity index (χ1n) is 7.35. The van der Waals surface area contributed by atoms with E-state index < -0.39 is 5.60 Å². The third-order valence-corrected chi connectivity index (χ3v) is 3.74. The molecular weight excluding hydrogens is 242 g/mol. The maximum absolute atomic E-state index is 11.9. The lowest BCUT2D eigenvalue weighted by molar-refractivity contribution is 0.0139. The first kappa shape index (κ1) is 14.6. The number of amides is 1. The number of hydrogen-bond donors (Lipinski definition) is 1. The molecular formula is C14H27N3O2. The Morgan fingerprint density at radius 3 is 2.32 bits per heavy atom. The van der Waals surface area contributed by atoms with Crippen LogP contribution in [-0.4, -0.2) is 67.3 Å². The molecule has 2 aliphatic rings. The molecule has 0 bridgehead atoms. The summed E-state index contributed by atoms with van der Waals surface area (Å²) in [7, 11) is 0. The van der Waals surface area contributed by atoms with Gasteiger partial charge in [-0.25, -0.2) is 4.79 Å². The first-order chi connectivity index (χ1) is 8.94. The second kappa shape index (κ2) is 6.09. The van der Waals surface area contributed by atoms with Crippen LogP contribution >= 0.6 is 0 Å². The molecule has 1 N–H and O–H groups in total. The molecule has 5 nitrogen and oxygen atoms in total. The molecule has 0 saturated carbocycles. The highest BCUT2D eigenvalue weighted by Gasteiger charge is 2.26. The molecule has 110 valence electrons. The Labute approximate surface area is 116 Å². The second-order valence-electron chi connectivity index (χ2n) is 6.62. The van der Waals surface area contributed by atoms with E-state index in [-0.39, 0.29) is 6.09 Å². The van der Waals surface area contributed by atoms with Crippen LogP contribution in [0.1, 0.15) is 27.2 Å². The highest BCUT2D eigenvalue weighted by molar-refractivity contribution is 5.68. The summed E-state index contributed by atoms with van der Waals surface area (Å²) in [5.74, 6) is 0.865. The molecule has 0 aromatic carbocycles. The molecule has 5 heteroatoms. The SMILES string of the molecule is CC(C)(C)OC(=O)N1CCN(CCC2CNC2)CC1. The number of carbonyl (C=O) groups is 1. The zero-order valence-corrected chi connectivity index (χ0v) is 12.4. The fourth-order valence-corrected chi connectivity index (χ4v) is 2.40. The van der Waals surface area contributed by atoms with Crippen molar-refractivity contribution in [1.29, 1.82) is 0 Å². The fraction of sp³-hybridized carbons (Fsp3) is 0.929. The third kappa shape index (κ3) is 4.66. The van der Waals surface area contributed by atoms with Gasteiger partial charge in [-0.3, -0.25) is 4.90 Å². The summed E-state index contributed by atoms with van der Waals surface area (Å²) < 4.78 is 5.40. The summed E-state index contributed by atoms with van der Waals surface area (Å²) >= 11 is 0. The molecule has 0 aliphatic carbocycles. The average Bonchev–Trinajstić information content (AvgIpc) is 2.25. The van der Waals surface area contributed by atoms with Crippen LogP contribution in [-0.2, 0) is 4.74 Å². The van der Waals surface area contributed by atoms with Crippen LogP contribution in [0.25, 0.3) is 0 Å². The topological polar surface area (TPSA) is 44.8 Å². The molecule has 0 unspecified atom stereocenters. The fourth-order valence-electron chi connectivity index (χ4n) is 2.40. The van der Waals surface area contributed by atoms with E-state index in [0.29, 0.717) is 0 Å². The summed E-state index contributed by atoms with van der Waals surface area (Å²) in [4.78, 5) is 16.2. The van der Waals surface area contributed by atoms with Crippen molar-refractivity contribution in [3.63, 3.8) is 0 Å². The predicted octanol–water partition coefficient (Wildman–Crippen LogP) is 1.15. The van der Waals surface area contributed by atoms with Crippen LogP contribution in [0.5, 0.6) is 0 Å². The number of rotatable bonds is 3. The summed E-state index contributed by atoms with van der Waals surface area (Å²) in [5, 5.41) is 3.30. The largest absolute Gasteiger partial charge is 0.444 e. The maximum atomic E-state index is 11.9. The lowest BCUT2D eigenvalue weighted by Crippen LogP contribution is -2.51. The van der Waals surface area contributed by atoms with Crippen molar-refractivity contribution in [2.24, 2.45) is 5.92 Å². The van der Waals surface area contributed by atoms with Gasteiger partial charge in [0.15, 0.2) is 0 Å². The lowest BCUT2D eigenvalue weighted by atomic mass is 9.99. The molecule has 2 heterocycles. The van der Waals surface area contributed by atoms with Crippen molar-refractivity contribution < 1.29 is 9.53 Å². The van der Waals surface area contributed by atoms with Gasteiger partial charge in [0.2, 0.25) is 0 Å². The van der Waals surface area contributed by atoms with Gasteiger partial charge in [-0.15, -0.1) is 0 Å². The average molecular weight is 269 g/mol. The van der Waals surface area contributed by atoms with Gasteiger partial charge in [0, 0.05) is 26.2 Å². The number of piperazine rings is 1. The van der Waals surface area contributed by atoms with Gasteiger partial charge >= 0.3 is 6.09 Å². The molecule has 0 atom stereocenters. The van der Waals surface area contributed by atoms with E-state index in [1.165, 1.54) is 19.5 Å². The second-order valence-corrected chi connectivity index (χ2v) is 6.62. The van der Waals surface area contributed by atoms with Crippen molar-refractivity contribution in [2.75, 3.05) is 45.8 Å². The van der Waals surface area contributed by atoms with Gasteiger partial charge in [-0.1, -0.05) is 0 Å². The van der Waals surface area contributed by atoms with E-state index in [0.717, 1.165) is 38.6 Å². The standard InChI is InChI=1S/C14H27N3O2/c1-14(2,3)19-13(18)17-8-6-16(7-9-17)5-4-12-10-15-11-12/h12,15H,4-11H2,1-3H3. The van der Waals surface area contributed by atoms with Gasteiger partial charge in [-0.05, 0) is 52.7 Å². The Morgan fingerprint density at radius 2 is 1.84 bits per heavy atom. The lowest BCUT2D eigenvalue weighted by Gasteiger charge is -2.37. The molecule has 2 rings (SSSR count). The molecule has 0 aromatic heterocycles. The Bertz CT molecular complexity index is 302. The van der Waals surface area contributed by atoms with Gasteiger partial charge in [0.05, 0.1) is 0 Å². The van der Waals surface area contributed by atoms with Crippen molar-refractivity contribution in [1.82, 2.24) is 15.1 Å². The summed E-state index contributed by atoms with van der Waals surface area (Å²) in [6, 6.07) is 0. The Morgan fingerprint density at radius 1 is 1.21 bits per heavy atom. The van der Waals surface area contributed by atoms with E-state index in [1.54, 1.807) is 0 Å². The number of ether oxygens (including phenoxy) is 1. The molecule has 2 fully saturated rings. The smallest absolute Gasteiger partial charge is 0.410 e. The van der Waals surface area contributed by atoms with Crippen molar-refractivity contribution in [3.8, 4) is 0 Å². The van der Waals surface area contributed by atoms with E-state index in [4.69, 9.17) is 4.74 Å². The van der Waals surface area contributed by atoms with Crippen LogP contribution < -0.4 is 5.32 Å². The summed E-state index contributed by atoms with van der Waals surface area (Å²) in [6.45, 7) is 12.8. The van der Waals surface area contributed by atoms with Crippen LogP contribution in [0, 0.1) is 5.92 Å². The van der Waals surface area contributed by atoms with Gasteiger partial charge in [0.1, 0.15) is 5.60 Å². The molecule has 2 aliphatic heterocycles. The molecule has 2 saturated heterocycles. The minimum atomic E-state index is -0.397. The molecule has 19 heavy (non-hydrogen) atoms. The molecule has 0 aromatic rings.